The van der Waals surface area contributed by atoms with Gasteiger partial charge in [-0.05, 0) is 45.3 Å². The summed E-state index contributed by atoms with van der Waals surface area (Å²) in [6.45, 7) is 7.26. The van der Waals surface area contributed by atoms with Gasteiger partial charge in [-0.1, -0.05) is 6.92 Å². The molecule has 1 N–H and O–H groups in total. The Morgan fingerprint density at radius 2 is 2.29 bits per heavy atom. The maximum Gasteiger partial charge on any atom is 0.118 e. The fraction of sp³-hybridized carbons (Fsp3) is 0.714. The molecule has 1 aliphatic carbocycles. The molecule has 0 bridgehead atoms. The second-order valence-electron chi connectivity index (χ2n) is 5.19. The van der Waals surface area contributed by atoms with Crippen molar-refractivity contribution in [1.29, 1.82) is 0 Å². The zero-order chi connectivity index (χ0) is 12.3. The second-order valence-corrected chi connectivity index (χ2v) is 5.19. The summed E-state index contributed by atoms with van der Waals surface area (Å²) in [6, 6.07) is 2.84. The van der Waals surface area contributed by atoms with Crippen LogP contribution in [0.15, 0.2) is 16.7 Å². The van der Waals surface area contributed by atoms with Crippen LogP contribution in [0.1, 0.15) is 38.0 Å². The Morgan fingerprint density at radius 1 is 1.53 bits per heavy atom. The highest BCUT2D eigenvalue weighted by molar-refractivity contribution is 5.12. The maximum atomic E-state index is 5.60. The summed E-state index contributed by atoms with van der Waals surface area (Å²) in [5, 5.41) is 3.31. The van der Waals surface area contributed by atoms with E-state index in [1.54, 1.807) is 0 Å². The normalized spacial score (nSPS) is 17.6. The zero-order valence-corrected chi connectivity index (χ0v) is 11.2. The van der Waals surface area contributed by atoms with E-state index in [4.69, 9.17) is 4.42 Å². The van der Waals surface area contributed by atoms with E-state index in [2.05, 4.69) is 37.2 Å². The molecule has 0 saturated heterocycles. The third-order valence-corrected chi connectivity index (χ3v) is 3.69. The molecule has 96 valence electrons. The van der Waals surface area contributed by atoms with Gasteiger partial charge in [0, 0.05) is 18.2 Å². The summed E-state index contributed by atoms with van der Waals surface area (Å²) in [4.78, 5) is 2.40. The largest absolute Gasteiger partial charge is 0.468 e. The molecule has 0 amide bonds. The number of nitrogens with zero attached hydrogens (tertiary/aromatic N) is 1. The summed E-state index contributed by atoms with van der Waals surface area (Å²) >= 11 is 0. The monoisotopic (exact) mass is 236 g/mol. The Kier molecular flexibility index (Phi) is 4.24. The zero-order valence-electron chi connectivity index (χ0n) is 11.2. The molecule has 3 nitrogen and oxygen atoms in total. The summed E-state index contributed by atoms with van der Waals surface area (Å²) in [6.07, 6.45) is 4.66. The molecular formula is C14H24N2O. The molecule has 1 aromatic rings. The van der Waals surface area contributed by atoms with E-state index in [9.17, 15) is 0 Å². The molecule has 3 heteroatoms. The second kappa shape index (κ2) is 5.69. The van der Waals surface area contributed by atoms with Crippen molar-refractivity contribution >= 4 is 0 Å². The average Bonchev–Trinajstić information content (AvgIpc) is 3.08. The van der Waals surface area contributed by atoms with Crippen LogP contribution in [0.5, 0.6) is 0 Å². The first kappa shape index (κ1) is 12.7. The predicted octanol–water partition coefficient (Wildman–Crippen LogP) is 2.62. The highest BCUT2D eigenvalue weighted by atomic mass is 16.3. The Balaban J connectivity index is 1.82. The lowest BCUT2D eigenvalue weighted by Gasteiger charge is -2.23. The molecule has 0 aromatic carbocycles. The molecule has 1 aliphatic rings. The van der Waals surface area contributed by atoms with Crippen molar-refractivity contribution in [1.82, 2.24) is 10.2 Å². The quantitative estimate of drug-likeness (QED) is 0.789. The minimum absolute atomic E-state index is 0.678. The fourth-order valence-corrected chi connectivity index (χ4v) is 2.20. The van der Waals surface area contributed by atoms with Gasteiger partial charge in [-0.3, -0.25) is 4.90 Å². The van der Waals surface area contributed by atoms with Gasteiger partial charge in [-0.15, -0.1) is 0 Å². The van der Waals surface area contributed by atoms with Crippen LogP contribution in [0, 0.1) is 5.92 Å². The van der Waals surface area contributed by atoms with Crippen molar-refractivity contribution in [3.63, 3.8) is 0 Å². The highest BCUT2D eigenvalue weighted by Gasteiger charge is 2.30. The average molecular weight is 236 g/mol. The lowest BCUT2D eigenvalue weighted by Crippen LogP contribution is -2.30. The number of nitrogens with one attached hydrogen (secondary N) is 1. The van der Waals surface area contributed by atoms with Gasteiger partial charge in [0.25, 0.3) is 0 Å². The van der Waals surface area contributed by atoms with Gasteiger partial charge < -0.3 is 9.73 Å². The van der Waals surface area contributed by atoms with Crippen molar-refractivity contribution in [2.75, 3.05) is 13.6 Å². The van der Waals surface area contributed by atoms with E-state index in [1.807, 2.05) is 6.26 Å². The van der Waals surface area contributed by atoms with Crippen LogP contribution in [-0.2, 0) is 13.1 Å². The molecule has 1 heterocycles. The molecule has 1 fully saturated rings. The predicted molar refractivity (Wildman–Crippen MR) is 69.7 cm³/mol. The molecule has 1 aromatic heterocycles. The molecular weight excluding hydrogens is 212 g/mol. The van der Waals surface area contributed by atoms with E-state index >= 15 is 0 Å². The Hall–Kier alpha value is -0.800. The van der Waals surface area contributed by atoms with E-state index in [0.29, 0.717) is 6.04 Å². The van der Waals surface area contributed by atoms with Crippen molar-refractivity contribution in [2.45, 2.75) is 45.8 Å². The van der Waals surface area contributed by atoms with E-state index in [0.717, 1.165) is 31.3 Å². The van der Waals surface area contributed by atoms with Crippen LogP contribution in [0.3, 0.4) is 0 Å². The first-order chi connectivity index (χ1) is 8.20. The molecule has 0 spiro atoms. The smallest absolute Gasteiger partial charge is 0.118 e. The summed E-state index contributed by atoms with van der Waals surface area (Å²) in [5.41, 5.74) is 1.24. The number of furan rings is 1. The van der Waals surface area contributed by atoms with Crippen LogP contribution in [0.25, 0.3) is 0 Å². The standard InChI is InChI=1S/C14H24N2O/c1-4-15-8-12-7-14(17-10-12)9-16(3)11(2)13-5-6-13/h7,10-11,13,15H,4-6,8-9H2,1-3H3. The lowest BCUT2D eigenvalue weighted by atomic mass is 10.2. The minimum atomic E-state index is 0.678. The number of hydrogen-bond donors (Lipinski definition) is 1. The summed E-state index contributed by atoms with van der Waals surface area (Å²) in [5.74, 6) is 1.99. The van der Waals surface area contributed by atoms with Crippen molar-refractivity contribution < 1.29 is 4.42 Å². The fourth-order valence-electron chi connectivity index (χ4n) is 2.20. The molecule has 1 atom stereocenters. The Bertz CT molecular complexity index is 344. The molecule has 1 unspecified atom stereocenters. The summed E-state index contributed by atoms with van der Waals surface area (Å²) < 4.78 is 5.60. The van der Waals surface area contributed by atoms with Crippen LogP contribution >= 0.6 is 0 Å². The number of rotatable bonds is 7. The highest BCUT2D eigenvalue weighted by Crippen LogP contribution is 2.35. The van der Waals surface area contributed by atoms with Crippen LogP contribution < -0.4 is 5.32 Å². The molecule has 0 aliphatic heterocycles. The van der Waals surface area contributed by atoms with E-state index in [1.165, 1.54) is 18.4 Å². The molecule has 1 saturated carbocycles. The topological polar surface area (TPSA) is 28.4 Å². The van der Waals surface area contributed by atoms with Crippen molar-refractivity contribution in [3.05, 3.63) is 23.7 Å². The Labute approximate surface area is 104 Å². The molecule has 0 radical (unpaired) electrons. The van der Waals surface area contributed by atoms with Crippen molar-refractivity contribution in [3.8, 4) is 0 Å². The van der Waals surface area contributed by atoms with Gasteiger partial charge in [0.1, 0.15) is 5.76 Å². The molecule has 17 heavy (non-hydrogen) atoms. The van der Waals surface area contributed by atoms with Gasteiger partial charge in [0.15, 0.2) is 0 Å². The SMILES string of the molecule is CCNCc1coc(CN(C)C(C)C2CC2)c1. The first-order valence-electron chi connectivity index (χ1n) is 6.68. The van der Waals surface area contributed by atoms with Gasteiger partial charge >= 0.3 is 0 Å². The lowest BCUT2D eigenvalue weighted by molar-refractivity contribution is 0.210. The van der Waals surface area contributed by atoms with Crippen molar-refractivity contribution in [2.24, 2.45) is 5.92 Å². The van der Waals surface area contributed by atoms with E-state index < -0.39 is 0 Å². The summed E-state index contributed by atoms with van der Waals surface area (Å²) in [7, 11) is 2.19. The van der Waals surface area contributed by atoms with Gasteiger partial charge in [0.05, 0.1) is 12.8 Å². The minimum Gasteiger partial charge on any atom is -0.468 e. The maximum absolute atomic E-state index is 5.60. The van der Waals surface area contributed by atoms with Gasteiger partial charge in [-0.25, -0.2) is 0 Å². The first-order valence-corrected chi connectivity index (χ1v) is 6.68. The van der Waals surface area contributed by atoms with Gasteiger partial charge in [-0.2, -0.15) is 0 Å². The number of hydrogen-bond acceptors (Lipinski definition) is 3. The third-order valence-electron chi connectivity index (χ3n) is 3.69. The molecule has 2 rings (SSSR count). The van der Waals surface area contributed by atoms with E-state index in [-0.39, 0.29) is 0 Å². The Morgan fingerprint density at radius 3 is 2.94 bits per heavy atom. The van der Waals surface area contributed by atoms with Crippen LogP contribution in [-0.4, -0.2) is 24.5 Å². The third kappa shape index (κ3) is 3.58. The van der Waals surface area contributed by atoms with Crippen LogP contribution in [0.4, 0.5) is 0 Å². The van der Waals surface area contributed by atoms with Crippen LogP contribution in [0.2, 0.25) is 0 Å². The van der Waals surface area contributed by atoms with Gasteiger partial charge in [0.2, 0.25) is 0 Å².